The Labute approximate surface area is 130 Å². The first-order chi connectivity index (χ1) is 10.1. The minimum absolute atomic E-state index is 0.322. The Bertz CT molecular complexity index is 842. The Morgan fingerprint density at radius 3 is 2.76 bits per heavy atom. The molecule has 0 aliphatic carbocycles. The number of aromatic nitrogens is 1. The van der Waals surface area contributed by atoms with Gasteiger partial charge in [-0.3, -0.25) is 0 Å². The van der Waals surface area contributed by atoms with Crippen molar-refractivity contribution in [1.82, 2.24) is 4.98 Å². The van der Waals surface area contributed by atoms with Crippen molar-refractivity contribution < 1.29 is 13.9 Å². The lowest BCUT2D eigenvalue weighted by atomic mass is 10.2. The number of esters is 1. The quantitative estimate of drug-likeness (QED) is 0.648. The summed E-state index contributed by atoms with van der Waals surface area (Å²) in [4.78, 5) is 16.1. The molecule has 0 N–H and O–H groups in total. The molecule has 0 unspecified atom stereocenters. The Kier molecular flexibility index (Phi) is 3.57. The molecule has 0 amide bonds. The van der Waals surface area contributed by atoms with E-state index in [0.717, 1.165) is 0 Å². The lowest BCUT2D eigenvalue weighted by Gasteiger charge is -1.99. The maximum atomic E-state index is 11.7. The molecule has 0 atom stereocenters. The van der Waals surface area contributed by atoms with Gasteiger partial charge < -0.3 is 9.15 Å². The van der Waals surface area contributed by atoms with E-state index in [2.05, 4.69) is 4.98 Å². The van der Waals surface area contributed by atoms with Crippen LogP contribution in [0.2, 0.25) is 10.0 Å². The van der Waals surface area contributed by atoms with Gasteiger partial charge in [0, 0.05) is 5.02 Å². The van der Waals surface area contributed by atoms with E-state index in [1.54, 1.807) is 36.4 Å². The zero-order valence-electron chi connectivity index (χ0n) is 10.9. The molecule has 4 nitrogen and oxygen atoms in total. The van der Waals surface area contributed by atoms with Crippen LogP contribution in [0.3, 0.4) is 0 Å². The number of para-hydroxylation sites is 1. The number of fused-ring (bicyclic) bond motifs is 1. The summed E-state index contributed by atoms with van der Waals surface area (Å²) in [5.41, 5.74) is 1.87. The van der Waals surface area contributed by atoms with Crippen LogP contribution in [0.4, 0.5) is 0 Å². The molecule has 0 radical (unpaired) electrons. The molecule has 2 aromatic carbocycles. The molecular weight excluding hydrogens is 313 g/mol. The normalized spacial score (nSPS) is 10.8. The summed E-state index contributed by atoms with van der Waals surface area (Å²) in [6.07, 6.45) is 0. The van der Waals surface area contributed by atoms with Crippen LogP contribution < -0.4 is 0 Å². The first-order valence-electron chi connectivity index (χ1n) is 6.03. The van der Waals surface area contributed by atoms with Crippen LogP contribution in [-0.4, -0.2) is 18.1 Å². The average Bonchev–Trinajstić information content (AvgIpc) is 2.89. The van der Waals surface area contributed by atoms with Gasteiger partial charge in [-0.15, -0.1) is 0 Å². The van der Waals surface area contributed by atoms with Crippen LogP contribution in [0.1, 0.15) is 10.4 Å². The number of ether oxygens (including phenoxy) is 1. The number of carbonyl (C=O) groups is 1. The molecule has 21 heavy (non-hydrogen) atoms. The van der Waals surface area contributed by atoms with Gasteiger partial charge in [-0.1, -0.05) is 29.3 Å². The summed E-state index contributed by atoms with van der Waals surface area (Å²) in [5, 5.41) is 0.948. The van der Waals surface area contributed by atoms with E-state index in [4.69, 9.17) is 32.4 Å². The van der Waals surface area contributed by atoms with E-state index in [0.29, 0.717) is 38.2 Å². The molecule has 0 saturated carbocycles. The Morgan fingerprint density at radius 2 is 2.05 bits per heavy atom. The first kappa shape index (κ1) is 13.9. The highest BCUT2D eigenvalue weighted by atomic mass is 35.5. The monoisotopic (exact) mass is 321 g/mol. The summed E-state index contributed by atoms with van der Waals surface area (Å²) in [7, 11) is 1.32. The molecule has 0 bridgehead atoms. The number of halogens is 2. The van der Waals surface area contributed by atoms with Crippen LogP contribution in [0.5, 0.6) is 0 Å². The average molecular weight is 322 g/mol. The zero-order valence-corrected chi connectivity index (χ0v) is 12.4. The minimum Gasteiger partial charge on any atom is -0.465 e. The van der Waals surface area contributed by atoms with Crippen LogP contribution in [-0.2, 0) is 4.74 Å². The molecular formula is C15H9Cl2NO3. The molecule has 1 aromatic heterocycles. The second-order valence-electron chi connectivity index (χ2n) is 4.29. The molecule has 6 heteroatoms. The fraction of sp³-hybridized carbons (Fsp3) is 0.0667. The van der Waals surface area contributed by atoms with Gasteiger partial charge in [0.15, 0.2) is 5.58 Å². The molecule has 0 saturated heterocycles. The predicted molar refractivity (Wildman–Crippen MR) is 80.8 cm³/mol. The number of benzene rings is 2. The van der Waals surface area contributed by atoms with E-state index in [1.165, 1.54) is 7.11 Å². The first-order valence-corrected chi connectivity index (χ1v) is 6.79. The number of rotatable bonds is 2. The van der Waals surface area contributed by atoms with Gasteiger partial charge in [-0.25, -0.2) is 9.78 Å². The van der Waals surface area contributed by atoms with Gasteiger partial charge in [0.2, 0.25) is 5.89 Å². The lowest BCUT2D eigenvalue weighted by Crippen LogP contribution is -2.01. The van der Waals surface area contributed by atoms with Gasteiger partial charge in [0.05, 0.1) is 23.3 Å². The van der Waals surface area contributed by atoms with Crippen LogP contribution in [0, 0.1) is 0 Å². The molecule has 0 aliphatic rings. The van der Waals surface area contributed by atoms with Gasteiger partial charge in [0.25, 0.3) is 0 Å². The highest BCUT2D eigenvalue weighted by molar-refractivity contribution is 6.36. The van der Waals surface area contributed by atoms with Gasteiger partial charge in [-0.2, -0.15) is 0 Å². The number of carbonyl (C=O) groups excluding carboxylic acids is 1. The Morgan fingerprint density at radius 1 is 1.24 bits per heavy atom. The lowest BCUT2D eigenvalue weighted by molar-refractivity contribution is 0.0603. The summed E-state index contributed by atoms with van der Waals surface area (Å²) in [6.45, 7) is 0. The van der Waals surface area contributed by atoms with Crippen molar-refractivity contribution in [2.45, 2.75) is 0 Å². The fourth-order valence-corrected chi connectivity index (χ4v) is 2.49. The molecule has 1 heterocycles. The van der Waals surface area contributed by atoms with Gasteiger partial charge in [-0.05, 0) is 30.3 Å². The molecule has 0 spiro atoms. The second-order valence-corrected chi connectivity index (χ2v) is 5.13. The van der Waals surface area contributed by atoms with E-state index in [-0.39, 0.29) is 0 Å². The molecule has 0 fully saturated rings. The van der Waals surface area contributed by atoms with Crippen molar-refractivity contribution in [2.24, 2.45) is 0 Å². The third-order valence-corrected chi connectivity index (χ3v) is 3.53. The second kappa shape index (κ2) is 5.39. The summed E-state index contributed by atoms with van der Waals surface area (Å²) >= 11 is 12.0. The number of methoxy groups -OCH3 is 1. The zero-order chi connectivity index (χ0) is 15.0. The Balaban J connectivity index is 2.19. The van der Waals surface area contributed by atoms with Gasteiger partial charge in [0.1, 0.15) is 5.52 Å². The minimum atomic E-state index is -0.470. The molecule has 0 aliphatic heterocycles. The predicted octanol–water partition coefficient (Wildman–Crippen LogP) is 4.59. The smallest absolute Gasteiger partial charge is 0.340 e. The van der Waals surface area contributed by atoms with E-state index in [9.17, 15) is 4.79 Å². The van der Waals surface area contributed by atoms with E-state index < -0.39 is 5.97 Å². The van der Waals surface area contributed by atoms with E-state index >= 15 is 0 Å². The summed E-state index contributed by atoms with van der Waals surface area (Å²) < 4.78 is 10.4. The van der Waals surface area contributed by atoms with Crippen molar-refractivity contribution in [3.63, 3.8) is 0 Å². The van der Waals surface area contributed by atoms with Crippen LogP contribution in [0.25, 0.3) is 22.6 Å². The van der Waals surface area contributed by atoms with Gasteiger partial charge >= 0.3 is 5.97 Å². The molecule has 106 valence electrons. The summed E-state index contributed by atoms with van der Waals surface area (Å²) in [5.74, 6) is -0.148. The molecule has 3 rings (SSSR count). The highest BCUT2D eigenvalue weighted by Crippen LogP contribution is 2.32. The largest absolute Gasteiger partial charge is 0.465 e. The maximum Gasteiger partial charge on any atom is 0.340 e. The van der Waals surface area contributed by atoms with E-state index in [1.807, 2.05) is 0 Å². The van der Waals surface area contributed by atoms with Crippen molar-refractivity contribution in [3.05, 3.63) is 52.0 Å². The van der Waals surface area contributed by atoms with Crippen LogP contribution >= 0.6 is 23.2 Å². The van der Waals surface area contributed by atoms with Crippen molar-refractivity contribution >= 4 is 40.3 Å². The number of oxazole rings is 1. The van der Waals surface area contributed by atoms with Crippen LogP contribution in [0.15, 0.2) is 40.8 Å². The third-order valence-electron chi connectivity index (χ3n) is 2.99. The maximum absolute atomic E-state index is 11.7. The standard InChI is InChI=1S/C15H9Cl2NO3/c1-20-15(19)10-3-2-4-12-13(10)18-14(21-12)9-6-5-8(16)7-11(9)17/h2-7H,1H3. The van der Waals surface area contributed by atoms with Crippen molar-refractivity contribution in [1.29, 1.82) is 0 Å². The number of hydrogen-bond donors (Lipinski definition) is 0. The Hall–Kier alpha value is -2.04. The number of nitrogens with zero attached hydrogens (tertiary/aromatic N) is 1. The molecule has 3 aromatic rings. The topological polar surface area (TPSA) is 52.3 Å². The SMILES string of the molecule is COC(=O)c1cccc2oc(-c3ccc(Cl)cc3Cl)nc12. The number of hydrogen-bond acceptors (Lipinski definition) is 4. The highest BCUT2D eigenvalue weighted by Gasteiger charge is 2.17. The third kappa shape index (κ3) is 2.48. The van der Waals surface area contributed by atoms with Crippen molar-refractivity contribution in [3.8, 4) is 11.5 Å². The van der Waals surface area contributed by atoms with Crippen molar-refractivity contribution in [2.75, 3.05) is 7.11 Å². The summed E-state index contributed by atoms with van der Waals surface area (Å²) in [6, 6.07) is 10.1. The fourth-order valence-electron chi connectivity index (χ4n) is 2.00.